The molecule has 230 valence electrons. The maximum atomic E-state index is 13.7. The fourth-order valence-corrected chi connectivity index (χ4v) is 5.26. The van der Waals surface area contributed by atoms with Crippen molar-refractivity contribution in [1.82, 2.24) is 35.2 Å². The van der Waals surface area contributed by atoms with Crippen LogP contribution in [0.5, 0.6) is 6.01 Å². The molecule has 2 fully saturated rings. The first-order valence-electron chi connectivity index (χ1n) is 14.8. The molecular formula is C31H33N11O3. The van der Waals surface area contributed by atoms with E-state index in [0.717, 1.165) is 29.5 Å². The number of carbonyl (C=O) groups excluding carboxylic acids is 1. The summed E-state index contributed by atoms with van der Waals surface area (Å²) in [5.74, 6) is 1.28. The molecule has 1 saturated carbocycles. The minimum absolute atomic E-state index is 0.0988. The van der Waals surface area contributed by atoms with Crippen LogP contribution in [0, 0.1) is 11.3 Å². The van der Waals surface area contributed by atoms with Gasteiger partial charge < -0.3 is 25.4 Å². The molecule has 1 aromatic carbocycles. The summed E-state index contributed by atoms with van der Waals surface area (Å²) < 4.78 is 10.3. The number of nitrogens with one attached hydrogen (secondary N) is 3. The molecule has 4 heterocycles. The van der Waals surface area contributed by atoms with Crippen LogP contribution in [0.25, 0.3) is 11.1 Å². The first kappa shape index (κ1) is 29.6. The first-order valence-corrected chi connectivity index (χ1v) is 14.8. The quantitative estimate of drug-likeness (QED) is 0.239. The Bertz CT molecular complexity index is 1620. The first-order chi connectivity index (χ1) is 22.1. The smallest absolute Gasteiger partial charge is 0.324 e. The van der Waals surface area contributed by atoms with Crippen molar-refractivity contribution < 1.29 is 14.3 Å². The molecule has 2 amide bonds. The van der Waals surface area contributed by atoms with Crippen LogP contribution in [0.4, 0.5) is 22.5 Å². The topological polar surface area (TPSA) is 176 Å². The Balaban J connectivity index is 1.15. The highest BCUT2D eigenvalue weighted by Gasteiger charge is 2.32. The van der Waals surface area contributed by atoms with Gasteiger partial charge in [0.2, 0.25) is 11.9 Å². The Morgan fingerprint density at radius 3 is 2.24 bits per heavy atom. The van der Waals surface area contributed by atoms with Crippen molar-refractivity contribution in [2.45, 2.75) is 50.4 Å². The van der Waals surface area contributed by atoms with E-state index in [1.807, 2.05) is 30.3 Å². The minimum Gasteiger partial charge on any atom is -0.467 e. The fourth-order valence-electron chi connectivity index (χ4n) is 5.26. The van der Waals surface area contributed by atoms with Gasteiger partial charge in [-0.1, -0.05) is 30.3 Å². The van der Waals surface area contributed by atoms with E-state index in [-0.39, 0.29) is 30.2 Å². The standard InChI is InChI=1S/C31H33N11O3/c1-44-30-36-16-23(17-37-30)22-14-34-29(35-15-22)42(31(43)38-12-20-5-3-2-4-6-20)26-9-7-24(8-10-26)40-28-33-13-21(11-32)27(41-28)39-25-18-45-19-25/h2-6,13-17,24-26H,7-10,12,18-19H2,1H3,(H,38,43)(H2,33,39,40,41)/t24-,26-. The van der Waals surface area contributed by atoms with Gasteiger partial charge in [0.25, 0.3) is 0 Å². The Labute approximate surface area is 260 Å². The van der Waals surface area contributed by atoms with E-state index >= 15 is 0 Å². The average Bonchev–Trinajstić information content (AvgIpc) is 3.07. The molecule has 14 nitrogen and oxygen atoms in total. The SMILES string of the molecule is COc1ncc(-c2cnc(N(C(=O)NCc3ccccc3)[C@H]3CC[C@H](Nc4ncc(C#N)c(NC5COC5)n4)CC3)nc2)cn1. The molecule has 2 aliphatic rings. The van der Waals surface area contributed by atoms with Gasteiger partial charge in [-0.25, -0.2) is 29.7 Å². The average molecular weight is 608 g/mol. The number of anilines is 3. The van der Waals surface area contributed by atoms with Crippen LogP contribution in [0.3, 0.4) is 0 Å². The number of amides is 2. The van der Waals surface area contributed by atoms with Gasteiger partial charge in [0.1, 0.15) is 17.5 Å². The van der Waals surface area contributed by atoms with Crippen LogP contribution in [0.15, 0.2) is 61.3 Å². The van der Waals surface area contributed by atoms with Crippen molar-refractivity contribution >= 4 is 23.7 Å². The summed E-state index contributed by atoms with van der Waals surface area (Å²) in [7, 11) is 1.51. The number of aromatic nitrogens is 6. The lowest BCUT2D eigenvalue weighted by molar-refractivity contribution is 0.0209. The van der Waals surface area contributed by atoms with Gasteiger partial charge in [0.05, 0.1) is 32.6 Å². The van der Waals surface area contributed by atoms with Crippen LogP contribution in [-0.2, 0) is 11.3 Å². The molecule has 0 bridgehead atoms. The van der Waals surface area contributed by atoms with E-state index in [4.69, 9.17) is 9.47 Å². The van der Waals surface area contributed by atoms with E-state index in [1.54, 1.807) is 29.7 Å². The number of benzene rings is 1. The summed E-state index contributed by atoms with van der Waals surface area (Å²) in [6.45, 7) is 1.55. The molecule has 0 radical (unpaired) electrons. The molecule has 3 N–H and O–H groups in total. The van der Waals surface area contributed by atoms with E-state index in [2.05, 4.69) is 51.9 Å². The largest absolute Gasteiger partial charge is 0.467 e. The summed E-state index contributed by atoms with van der Waals surface area (Å²) in [6, 6.07) is 12.0. The van der Waals surface area contributed by atoms with Crippen LogP contribution in [-0.4, -0.2) is 74.4 Å². The van der Waals surface area contributed by atoms with Crippen molar-refractivity contribution in [2.24, 2.45) is 0 Å². The van der Waals surface area contributed by atoms with E-state index in [0.29, 0.717) is 55.9 Å². The van der Waals surface area contributed by atoms with Crippen molar-refractivity contribution in [3.8, 4) is 23.2 Å². The van der Waals surface area contributed by atoms with Crippen molar-refractivity contribution in [1.29, 1.82) is 5.26 Å². The monoisotopic (exact) mass is 607 g/mol. The predicted molar refractivity (Wildman–Crippen MR) is 165 cm³/mol. The number of nitriles is 1. The van der Waals surface area contributed by atoms with Crippen molar-refractivity contribution in [3.63, 3.8) is 0 Å². The zero-order valence-corrected chi connectivity index (χ0v) is 24.8. The Morgan fingerprint density at radius 1 is 0.933 bits per heavy atom. The Kier molecular flexibility index (Phi) is 9.16. The summed E-state index contributed by atoms with van der Waals surface area (Å²) in [5.41, 5.74) is 2.84. The molecule has 0 atom stereocenters. The summed E-state index contributed by atoms with van der Waals surface area (Å²) in [5, 5.41) is 19.2. The van der Waals surface area contributed by atoms with Gasteiger partial charge in [-0.05, 0) is 31.2 Å². The number of hydrogen-bond donors (Lipinski definition) is 3. The Hall–Kier alpha value is -5.42. The van der Waals surface area contributed by atoms with Gasteiger partial charge in [-0.2, -0.15) is 10.2 Å². The molecule has 4 aromatic rings. The lowest BCUT2D eigenvalue weighted by Gasteiger charge is -2.36. The lowest BCUT2D eigenvalue weighted by atomic mass is 9.90. The normalized spacial score (nSPS) is 17.8. The van der Waals surface area contributed by atoms with Gasteiger partial charge in [-0.15, -0.1) is 0 Å². The van der Waals surface area contributed by atoms with Crippen LogP contribution in [0.2, 0.25) is 0 Å². The third-order valence-corrected chi connectivity index (χ3v) is 7.79. The van der Waals surface area contributed by atoms with Crippen LogP contribution in [0.1, 0.15) is 36.8 Å². The summed E-state index contributed by atoms with van der Waals surface area (Å²) in [4.78, 5) is 41.7. The number of rotatable bonds is 10. The zero-order valence-electron chi connectivity index (χ0n) is 24.8. The fraction of sp³-hybridized carbons (Fsp3) is 0.355. The second-order valence-electron chi connectivity index (χ2n) is 10.8. The van der Waals surface area contributed by atoms with Gasteiger partial charge >= 0.3 is 12.0 Å². The molecule has 45 heavy (non-hydrogen) atoms. The lowest BCUT2D eigenvalue weighted by Crippen LogP contribution is -2.49. The third kappa shape index (κ3) is 7.22. The third-order valence-electron chi connectivity index (χ3n) is 7.79. The number of nitrogens with zero attached hydrogens (tertiary/aromatic N) is 8. The van der Waals surface area contributed by atoms with Crippen molar-refractivity contribution in [2.75, 3.05) is 35.9 Å². The van der Waals surface area contributed by atoms with E-state index in [9.17, 15) is 10.1 Å². The molecule has 14 heteroatoms. The van der Waals surface area contributed by atoms with E-state index in [1.165, 1.54) is 13.3 Å². The predicted octanol–water partition coefficient (Wildman–Crippen LogP) is 3.55. The second kappa shape index (κ2) is 13.9. The zero-order chi connectivity index (χ0) is 31.0. The van der Waals surface area contributed by atoms with Gasteiger partial charge in [0, 0.05) is 54.5 Å². The minimum atomic E-state index is -0.262. The number of hydrogen-bond acceptors (Lipinski definition) is 12. The number of ether oxygens (including phenoxy) is 2. The Morgan fingerprint density at radius 2 is 1.62 bits per heavy atom. The maximum Gasteiger partial charge on any atom is 0.324 e. The highest BCUT2D eigenvalue weighted by atomic mass is 16.5. The molecule has 1 aliphatic heterocycles. The van der Waals surface area contributed by atoms with Gasteiger partial charge in [-0.3, -0.25) is 4.90 Å². The summed E-state index contributed by atoms with van der Waals surface area (Å²) >= 11 is 0. The molecular weight excluding hydrogens is 574 g/mol. The van der Waals surface area contributed by atoms with Crippen LogP contribution >= 0.6 is 0 Å². The number of carbonyl (C=O) groups is 1. The molecule has 0 unspecified atom stereocenters. The molecule has 6 rings (SSSR count). The molecule has 1 saturated heterocycles. The highest BCUT2D eigenvalue weighted by molar-refractivity contribution is 5.90. The van der Waals surface area contributed by atoms with Gasteiger partial charge in [0.15, 0.2) is 0 Å². The molecule has 1 aliphatic carbocycles. The molecule has 3 aromatic heterocycles. The molecule has 0 spiro atoms. The van der Waals surface area contributed by atoms with Crippen molar-refractivity contribution in [3.05, 3.63) is 72.4 Å². The second-order valence-corrected chi connectivity index (χ2v) is 10.8. The number of urea groups is 1. The highest BCUT2D eigenvalue weighted by Crippen LogP contribution is 2.29. The van der Waals surface area contributed by atoms with E-state index < -0.39 is 0 Å². The summed E-state index contributed by atoms with van der Waals surface area (Å²) in [6.07, 6.45) is 11.1. The van der Waals surface area contributed by atoms with Crippen LogP contribution < -0.4 is 25.6 Å². The maximum absolute atomic E-state index is 13.7. The number of methoxy groups -OCH3 is 1.